The van der Waals surface area contributed by atoms with Gasteiger partial charge in [0.05, 0.1) is 16.1 Å². The molecule has 1 heterocycles. The number of nitro benzene ring substituents is 2. The smallest absolute Gasteiger partial charge is 0.269 e. The van der Waals surface area contributed by atoms with E-state index in [-0.39, 0.29) is 23.2 Å². The third kappa shape index (κ3) is 5.67. The number of rotatable bonds is 7. The van der Waals surface area contributed by atoms with Crippen LogP contribution < -0.4 is 5.43 Å². The van der Waals surface area contributed by atoms with Crippen LogP contribution in [0.1, 0.15) is 24.0 Å². The standard InChI is InChI=1S/C20H21N5O5/c26-20(22-21-13-15-1-5-18(6-2-15)24(27)28)17-9-11-23(12-10-17)14-16-3-7-19(8-4-16)25(29)30/h1-8,13,17H,9-12,14H2,(H,22,26)/b21-13-. The summed E-state index contributed by atoms with van der Waals surface area (Å²) < 4.78 is 0. The van der Waals surface area contributed by atoms with Crippen LogP contribution in [-0.4, -0.2) is 40.0 Å². The predicted octanol–water partition coefficient (Wildman–Crippen LogP) is 2.87. The van der Waals surface area contributed by atoms with E-state index in [1.165, 1.54) is 30.5 Å². The molecule has 2 aromatic carbocycles. The number of carbonyl (C=O) groups is 1. The van der Waals surface area contributed by atoms with Gasteiger partial charge < -0.3 is 0 Å². The third-order valence-corrected chi connectivity index (χ3v) is 5.00. The van der Waals surface area contributed by atoms with Crippen molar-refractivity contribution in [1.82, 2.24) is 10.3 Å². The first kappa shape index (κ1) is 21.1. The quantitative estimate of drug-likeness (QED) is 0.423. The average molecular weight is 411 g/mol. The number of amides is 1. The highest BCUT2D eigenvalue weighted by Gasteiger charge is 2.24. The molecule has 1 amide bonds. The summed E-state index contributed by atoms with van der Waals surface area (Å²) in [4.78, 5) is 35.0. The Hall–Kier alpha value is -3.66. The highest BCUT2D eigenvalue weighted by atomic mass is 16.6. The molecule has 10 heteroatoms. The van der Waals surface area contributed by atoms with E-state index in [0.29, 0.717) is 24.9 Å². The molecule has 1 fully saturated rings. The average Bonchev–Trinajstić information content (AvgIpc) is 2.75. The number of benzene rings is 2. The molecule has 0 unspecified atom stereocenters. The summed E-state index contributed by atoms with van der Waals surface area (Å²) in [6, 6.07) is 12.4. The van der Waals surface area contributed by atoms with Gasteiger partial charge in [-0.1, -0.05) is 12.1 Å². The summed E-state index contributed by atoms with van der Waals surface area (Å²) in [5, 5.41) is 25.3. The Morgan fingerprint density at radius 2 is 1.53 bits per heavy atom. The Morgan fingerprint density at radius 1 is 1.00 bits per heavy atom. The van der Waals surface area contributed by atoms with E-state index in [0.717, 1.165) is 18.7 Å². The van der Waals surface area contributed by atoms with Gasteiger partial charge in [-0.05, 0) is 49.2 Å². The van der Waals surface area contributed by atoms with E-state index in [2.05, 4.69) is 15.4 Å². The number of nitrogens with zero attached hydrogens (tertiary/aromatic N) is 4. The first-order chi connectivity index (χ1) is 14.4. The number of hydrogen-bond donors (Lipinski definition) is 1. The van der Waals surface area contributed by atoms with Crippen LogP contribution in [0.15, 0.2) is 53.6 Å². The van der Waals surface area contributed by atoms with Crippen LogP contribution in [-0.2, 0) is 11.3 Å². The number of carbonyl (C=O) groups excluding carboxylic acids is 1. The summed E-state index contributed by atoms with van der Waals surface area (Å²) in [7, 11) is 0. The molecule has 0 radical (unpaired) electrons. The minimum absolute atomic E-state index is 0.00308. The Balaban J connectivity index is 1.43. The van der Waals surface area contributed by atoms with Crippen molar-refractivity contribution in [2.24, 2.45) is 11.0 Å². The Kier molecular flexibility index (Phi) is 6.81. The molecular weight excluding hydrogens is 390 g/mol. The fourth-order valence-corrected chi connectivity index (χ4v) is 3.28. The van der Waals surface area contributed by atoms with Gasteiger partial charge in [0.25, 0.3) is 11.4 Å². The lowest BCUT2D eigenvalue weighted by atomic mass is 9.96. The van der Waals surface area contributed by atoms with Gasteiger partial charge in [-0.15, -0.1) is 0 Å². The second-order valence-corrected chi connectivity index (χ2v) is 7.06. The molecule has 2 aromatic rings. The van der Waals surface area contributed by atoms with Crippen molar-refractivity contribution >= 4 is 23.5 Å². The molecule has 10 nitrogen and oxygen atoms in total. The molecule has 1 saturated heterocycles. The fourth-order valence-electron chi connectivity index (χ4n) is 3.28. The van der Waals surface area contributed by atoms with Crippen molar-refractivity contribution in [3.63, 3.8) is 0 Å². The monoisotopic (exact) mass is 411 g/mol. The molecule has 156 valence electrons. The van der Waals surface area contributed by atoms with Gasteiger partial charge in [0.15, 0.2) is 0 Å². The molecule has 1 aliphatic rings. The van der Waals surface area contributed by atoms with Gasteiger partial charge in [-0.25, -0.2) is 5.43 Å². The number of non-ortho nitro benzene ring substituents is 2. The van der Waals surface area contributed by atoms with E-state index in [9.17, 15) is 25.0 Å². The SMILES string of the molecule is O=C(N/N=C\c1ccc([N+](=O)[O-])cc1)C1CCN(Cc2ccc([N+](=O)[O-])cc2)CC1. The minimum Gasteiger partial charge on any atom is -0.299 e. The highest BCUT2D eigenvalue weighted by Crippen LogP contribution is 2.20. The minimum atomic E-state index is -0.476. The van der Waals surface area contributed by atoms with Crippen LogP contribution >= 0.6 is 0 Å². The molecule has 0 aromatic heterocycles. The zero-order chi connectivity index (χ0) is 21.5. The molecule has 3 rings (SSSR count). The number of nitrogens with one attached hydrogen (secondary N) is 1. The lowest BCUT2D eigenvalue weighted by molar-refractivity contribution is -0.385. The molecule has 1 N–H and O–H groups in total. The number of nitro groups is 2. The molecule has 0 aliphatic carbocycles. The normalized spacial score (nSPS) is 15.2. The lowest BCUT2D eigenvalue weighted by Crippen LogP contribution is -2.39. The van der Waals surface area contributed by atoms with Crippen molar-refractivity contribution in [2.75, 3.05) is 13.1 Å². The maximum Gasteiger partial charge on any atom is 0.269 e. The number of hydrogen-bond acceptors (Lipinski definition) is 7. The zero-order valence-corrected chi connectivity index (χ0v) is 16.1. The molecule has 0 spiro atoms. The number of piperidine rings is 1. The Bertz CT molecular complexity index is 935. The molecule has 0 atom stereocenters. The van der Waals surface area contributed by atoms with Crippen molar-refractivity contribution in [3.05, 3.63) is 79.9 Å². The largest absolute Gasteiger partial charge is 0.299 e. The van der Waals surface area contributed by atoms with Crippen molar-refractivity contribution in [2.45, 2.75) is 19.4 Å². The fraction of sp³-hybridized carbons (Fsp3) is 0.300. The highest BCUT2D eigenvalue weighted by molar-refractivity contribution is 5.83. The summed E-state index contributed by atoms with van der Waals surface area (Å²) >= 11 is 0. The molecule has 0 bridgehead atoms. The summed E-state index contributed by atoms with van der Waals surface area (Å²) in [6.07, 6.45) is 2.85. The van der Waals surface area contributed by atoms with Gasteiger partial charge >= 0.3 is 0 Å². The molecule has 0 saturated carbocycles. The van der Waals surface area contributed by atoms with Gasteiger partial charge in [0, 0.05) is 36.7 Å². The van der Waals surface area contributed by atoms with E-state index in [1.807, 2.05) is 0 Å². The first-order valence-electron chi connectivity index (χ1n) is 9.45. The van der Waals surface area contributed by atoms with Crippen LogP contribution in [0.3, 0.4) is 0 Å². The number of likely N-dealkylation sites (tertiary alicyclic amines) is 1. The summed E-state index contributed by atoms with van der Waals surface area (Å²) in [5.74, 6) is -0.282. The lowest BCUT2D eigenvalue weighted by Gasteiger charge is -2.30. The van der Waals surface area contributed by atoms with Crippen LogP contribution in [0.5, 0.6) is 0 Å². The van der Waals surface area contributed by atoms with Crippen molar-refractivity contribution in [3.8, 4) is 0 Å². The van der Waals surface area contributed by atoms with Crippen LogP contribution in [0, 0.1) is 26.1 Å². The third-order valence-electron chi connectivity index (χ3n) is 5.00. The summed E-state index contributed by atoms with van der Waals surface area (Å²) in [6.45, 7) is 2.19. The van der Waals surface area contributed by atoms with Crippen molar-refractivity contribution in [1.29, 1.82) is 0 Å². The zero-order valence-electron chi connectivity index (χ0n) is 16.1. The van der Waals surface area contributed by atoms with Crippen molar-refractivity contribution < 1.29 is 14.6 Å². The second-order valence-electron chi connectivity index (χ2n) is 7.06. The number of hydrazone groups is 1. The van der Waals surface area contributed by atoms with Gasteiger partial charge in [-0.2, -0.15) is 5.10 Å². The maximum atomic E-state index is 12.3. The van der Waals surface area contributed by atoms with Gasteiger partial charge in [-0.3, -0.25) is 29.9 Å². The molecule has 1 aliphatic heterocycles. The Labute approximate surface area is 172 Å². The summed E-state index contributed by atoms with van der Waals surface area (Å²) in [5.41, 5.74) is 4.25. The second kappa shape index (κ2) is 9.70. The van der Waals surface area contributed by atoms with Crippen LogP contribution in [0.25, 0.3) is 0 Å². The van der Waals surface area contributed by atoms with E-state index in [4.69, 9.17) is 0 Å². The van der Waals surface area contributed by atoms with E-state index in [1.54, 1.807) is 24.3 Å². The molecule has 30 heavy (non-hydrogen) atoms. The topological polar surface area (TPSA) is 131 Å². The van der Waals surface area contributed by atoms with Crippen LogP contribution in [0.4, 0.5) is 11.4 Å². The maximum absolute atomic E-state index is 12.3. The molecular formula is C20H21N5O5. The first-order valence-corrected chi connectivity index (χ1v) is 9.45. The van der Waals surface area contributed by atoms with Gasteiger partial charge in [0.1, 0.15) is 0 Å². The Morgan fingerprint density at radius 3 is 2.07 bits per heavy atom. The van der Waals surface area contributed by atoms with E-state index >= 15 is 0 Å². The predicted molar refractivity (Wildman–Crippen MR) is 110 cm³/mol. The van der Waals surface area contributed by atoms with Gasteiger partial charge in [0.2, 0.25) is 5.91 Å². The van der Waals surface area contributed by atoms with Crippen LogP contribution in [0.2, 0.25) is 0 Å². The van der Waals surface area contributed by atoms with E-state index < -0.39 is 9.85 Å².